The third kappa shape index (κ3) is 4.69. The minimum Gasteiger partial charge on any atom is -0.462 e. The molecule has 1 atom stereocenters. The van der Waals surface area contributed by atoms with Gasteiger partial charge < -0.3 is 14.8 Å². The Kier molecular flexibility index (Phi) is 6.19. The predicted molar refractivity (Wildman–Crippen MR) is 104 cm³/mol. The van der Waals surface area contributed by atoms with Crippen molar-refractivity contribution in [2.45, 2.75) is 51.8 Å². The fourth-order valence-electron chi connectivity index (χ4n) is 3.40. The van der Waals surface area contributed by atoms with Crippen LogP contribution < -0.4 is 5.32 Å². The van der Waals surface area contributed by atoms with E-state index in [4.69, 9.17) is 21.1 Å². The number of halogens is 1. The lowest BCUT2D eigenvalue weighted by Crippen LogP contribution is -2.43. The van der Waals surface area contributed by atoms with Crippen LogP contribution in [0.5, 0.6) is 0 Å². The molecule has 146 valence electrons. The van der Waals surface area contributed by atoms with E-state index in [1.165, 1.54) is 0 Å². The number of rotatable bonds is 6. The summed E-state index contributed by atoms with van der Waals surface area (Å²) in [4.78, 5) is 12.4. The Morgan fingerprint density at radius 2 is 2.22 bits per heavy atom. The average Bonchev–Trinajstić information content (AvgIpc) is 3.03. The minimum absolute atomic E-state index is 0.150. The number of nitrogens with one attached hydrogen (secondary N) is 1. The summed E-state index contributed by atoms with van der Waals surface area (Å²) in [6.45, 7) is 7.51. The summed E-state index contributed by atoms with van der Waals surface area (Å²) in [7, 11) is 0. The molecule has 3 rings (SSSR count). The molecule has 7 heteroatoms. The summed E-state index contributed by atoms with van der Waals surface area (Å²) in [5, 5.41) is 8.54. The Morgan fingerprint density at radius 1 is 1.44 bits per heavy atom. The molecule has 2 heterocycles. The number of ether oxygens (including phenoxy) is 2. The van der Waals surface area contributed by atoms with Crippen LogP contribution in [-0.2, 0) is 16.0 Å². The molecule has 0 radical (unpaired) electrons. The molecule has 1 aliphatic rings. The summed E-state index contributed by atoms with van der Waals surface area (Å²) in [6, 6.07) is 7.75. The molecule has 2 aromatic rings. The summed E-state index contributed by atoms with van der Waals surface area (Å²) < 4.78 is 12.7. The Morgan fingerprint density at radius 3 is 2.93 bits per heavy atom. The predicted octanol–water partition coefficient (Wildman–Crippen LogP) is 3.75. The number of para-hydroxylation sites is 1. The molecule has 1 N–H and O–H groups in total. The van der Waals surface area contributed by atoms with E-state index in [0.717, 1.165) is 30.8 Å². The molecule has 0 spiro atoms. The maximum absolute atomic E-state index is 12.4. The highest BCUT2D eigenvalue weighted by Gasteiger charge is 2.29. The number of carbonyl (C=O) groups is 1. The monoisotopic (exact) mass is 391 g/mol. The van der Waals surface area contributed by atoms with Crippen molar-refractivity contribution in [3.8, 4) is 5.69 Å². The quantitative estimate of drug-likeness (QED) is 0.759. The molecule has 27 heavy (non-hydrogen) atoms. The SMILES string of the molecule is CCOC(=O)c1cnn(-c2ccccc2Cl)c1CNC1CCOC(C)(C)C1. The van der Waals surface area contributed by atoms with Crippen LogP contribution in [0.3, 0.4) is 0 Å². The number of benzene rings is 1. The van der Waals surface area contributed by atoms with E-state index >= 15 is 0 Å². The smallest absolute Gasteiger partial charge is 0.341 e. The first-order valence-corrected chi connectivity index (χ1v) is 9.65. The Labute approximate surface area is 164 Å². The van der Waals surface area contributed by atoms with Gasteiger partial charge in [-0.25, -0.2) is 9.48 Å². The zero-order valence-corrected chi connectivity index (χ0v) is 16.8. The Balaban J connectivity index is 1.87. The number of hydrogen-bond donors (Lipinski definition) is 1. The van der Waals surface area contributed by atoms with Crippen LogP contribution in [0, 0.1) is 0 Å². The maximum atomic E-state index is 12.4. The van der Waals surface area contributed by atoms with E-state index in [1.807, 2.05) is 18.2 Å². The van der Waals surface area contributed by atoms with E-state index in [-0.39, 0.29) is 11.6 Å². The lowest BCUT2D eigenvalue weighted by atomic mass is 9.94. The molecular weight excluding hydrogens is 366 g/mol. The number of hydrogen-bond acceptors (Lipinski definition) is 5. The van der Waals surface area contributed by atoms with Crippen molar-refractivity contribution < 1.29 is 14.3 Å². The lowest BCUT2D eigenvalue weighted by molar-refractivity contribution is -0.0631. The van der Waals surface area contributed by atoms with Gasteiger partial charge in [0.2, 0.25) is 0 Å². The second kappa shape index (κ2) is 8.42. The van der Waals surface area contributed by atoms with Gasteiger partial charge in [0.15, 0.2) is 0 Å². The lowest BCUT2D eigenvalue weighted by Gasteiger charge is -2.36. The van der Waals surface area contributed by atoms with E-state index in [2.05, 4.69) is 24.3 Å². The van der Waals surface area contributed by atoms with Crippen LogP contribution in [0.1, 0.15) is 49.7 Å². The molecule has 1 aliphatic heterocycles. The van der Waals surface area contributed by atoms with Gasteiger partial charge in [-0.1, -0.05) is 23.7 Å². The van der Waals surface area contributed by atoms with Crippen molar-refractivity contribution >= 4 is 17.6 Å². The van der Waals surface area contributed by atoms with Crippen molar-refractivity contribution in [2.24, 2.45) is 0 Å². The van der Waals surface area contributed by atoms with Crippen molar-refractivity contribution in [2.75, 3.05) is 13.2 Å². The normalized spacial score (nSPS) is 19.0. The van der Waals surface area contributed by atoms with Crippen molar-refractivity contribution in [3.05, 3.63) is 46.7 Å². The first-order chi connectivity index (χ1) is 12.9. The third-order valence-corrected chi connectivity index (χ3v) is 5.02. The largest absolute Gasteiger partial charge is 0.462 e. The van der Waals surface area contributed by atoms with Gasteiger partial charge in [-0.3, -0.25) is 0 Å². The van der Waals surface area contributed by atoms with Crippen LogP contribution in [0.25, 0.3) is 5.69 Å². The second-order valence-electron chi connectivity index (χ2n) is 7.27. The van der Waals surface area contributed by atoms with Crippen LogP contribution >= 0.6 is 11.6 Å². The van der Waals surface area contributed by atoms with Crippen LogP contribution in [0.4, 0.5) is 0 Å². The van der Waals surface area contributed by atoms with Crippen LogP contribution in [0.15, 0.2) is 30.5 Å². The van der Waals surface area contributed by atoms with Crippen molar-refractivity contribution in [3.63, 3.8) is 0 Å². The topological polar surface area (TPSA) is 65.4 Å². The van der Waals surface area contributed by atoms with E-state index in [0.29, 0.717) is 29.8 Å². The van der Waals surface area contributed by atoms with Gasteiger partial charge in [0.25, 0.3) is 0 Å². The second-order valence-corrected chi connectivity index (χ2v) is 7.67. The van der Waals surface area contributed by atoms with Crippen molar-refractivity contribution in [1.82, 2.24) is 15.1 Å². The van der Waals surface area contributed by atoms with Gasteiger partial charge in [0.05, 0.1) is 34.8 Å². The third-order valence-electron chi connectivity index (χ3n) is 4.70. The molecule has 0 aliphatic carbocycles. The number of aromatic nitrogens is 2. The van der Waals surface area contributed by atoms with E-state index < -0.39 is 0 Å². The first-order valence-electron chi connectivity index (χ1n) is 9.27. The average molecular weight is 392 g/mol. The van der Waals surface area contributed by atoms with Gasteiger partial charge in [-0.05, 0) is 45.7 Å². The van der Waals surface area contributed by atoms with Gasteiger partial charge in [-0.15, -0.1) is 0 Å². The minimum atomic E-state index is -0.375. The molecule has 1 aromatic carbocycles. The molecule has 0 bridgehead atoms. The maximum Gasteiger partial charge on any atom is 0.341 e. The van der Waals surface area contributed by atoms with Gasteiger partial charge in [0, 0.05) is 19.2 Å². The van der Waals surface area contributed by atoms with E-state index in [1.54, 1.807) is 23.9 Å². The molecule has 0 amide bonds. The van der Waals surface area contributed by atoms with Crippen LogP contribution in [0.2, 0.25) is 5.02 Å². The molecule has 1 fully saturated rings. The summed E-state index contributed by atoms with van der Waals surface area (Å²) in [5.41, 5.74) is 1.78. The fraction of sp³-hybridized carbons (Fsp3) is 0.500. The summed E-state index contributed by atoms with van der Waals surface area (Å²) in [5.74, 6) is -0.375. The molecule has 1 saturated heterocycles. The van der Waals surface area contributed by atoms with Crippen molar-refractivity contribution in [1.29, 1.82) is 0 Å². The summed E-state index contributed by atoms with van der Waals surface area (Å²) >= 11 is 6.35. The molecule has 1 unspecified atom stereocenters. The molecule has 1 aromatic heterocycles. The molecule has 6 nitrogen and oxygen atoms in total. The Hall–Kier alpha value is -1.89. The van der Waals surface area contributed by atoms with Gasteiger partial charge in [0.1, 0.15) is 5.56 Å². The van der Waals surface area contributed by atoms with Gasteiger partial charge in [-0.2, -0.15) is 5.10 Å². The molecule has 0 saturated carbocycles. The first kappa shape index (κ1) is 19.9. The summed E-state index contributed by atoms with van der Waals surface area (Å²) in [6.07, 6.45) is 3.38. The number of nitrogens with zero attached hydrogens (tertiary/aromatic N) is 2. The molecular formula is C20H26ClN3O3. The Bertz CT molecular complexity index is 804. The number of esters is 1. The fourth-order valence-corrected chi connectivity index (χ4v) is 3.62. The zero-order chi connectivity index (χ0) is 19.4. The highest BCUT2D eigenvalue weighted by atomic mass is 35.5. The van der Waals surface area contributed by atoms with E-state index in [9.17, 15) is 4.79 Å². The van der Waals surface area contributed by atoms with Crippen LogP contribution in [-0.4, -0.2) is 40.6 Å². The highest BCUT2D eigenvalue weighted by Crippen LogP contribution is 2.26. The highest BCUT2D eigenvalue weighted by molar-refractivity contribution is 6.32. The number of carbonyl (C=O) groups excluding carboxylic acids is 1. The van der Waals surface area contributed by atoms with Gasteiger partial charge >= 0.3 is 5.97 Å². The standard InChI is InChI=1S/C20H26ClN3O3/c1-4-26-19(25)15-12-23-24(17-8-6-5-7-16(17)21)18(15)13-22-14-9-10-27-20(2,3)11-14/h5-8,12,14,22H,4,9-11,13H2,1-3H3. The zero-order valence-electron chi connectivity index (χ0n) is 16.0.